The molecule has 1 fully saturated rings. The predicted octanol–water partition coefficient (Wildman–Crippen LogP) is -0.233. The summed E-state index contributed by atoms with van der Waals surface area (Å²) in [6, 6.07) is 7.16. The molecule has 2 aliphatic heterocycles. The van der Waals surface area contributed by atoms with E-state index < -0.39 is 35.8 Å². The van der Waals surface area contributed by atoms with Crippen LogP contribution in [-0.4, -0.2) is 71.7 Å². The van der Waals surface area contributed by atoms with Gasteiger partial charge in [-0.2, -0.15) is 0 Å². The first-order chi connectivity index (χ1) is 18.7. The number of phenols is 2. The number of aromatic hydroxyl groups is 2. The summed E-state index contributed by atoms with van der Waals surface area (Å²) in [5, 5.41) is 32.8. The van der Waals surface area contributed by atoms with Crippen LogP contribution in [0.4, 0.5) is 0 Å². The van der Waals surface area contributed by atoms with E-state index in [0.29, 0.717) is 30.6 Å². The molecule has 2 aliphatic rings. The SMILES string of the molecule is NCCC[C@@H]1NC(=O)[C@@H](N)Cc2cc(ccc2O)-c2ccc(O)c(c2)C[C@@H](C(=O)NCC2CCCN2)NC1=O. The van der Waals surface area contributed by atoms with Crippen LogP contribution in [0, 0.1) is 0 Å². The van der Waals surface area contributed by atoms with Crippen molar-refractivity contribution in [3.63, 3.8) is 0 Å². The van der Waals surface area contributed by atoms with Crippen LogP contribution in [0.1, 0.15) is 36.8 Å². The molecule has 0 aliphatic carbocycles. The van der Waals surface area contributed by atoms with Crippen molar-refractivity contribution in [3.05, 3.63) is 47.5 Å². The maximum atomic E-state index is 13.4. The Morgan fingerprint density at radius 1 is 0.974 bits per heavy atom. The van der Waals surface area contributed by atoms with Gasteiger partial charge in [0, 0.05) is 25.4 Å². The molecule has 4 rings (SSSR count). The van der Waals surface area contributed by atoms with Gasteiger partial charge in [0.1, 0.15) is 23.6 Å². The Hall–Kier alpha value is -3.67. The summed E-state index contributed by atoms with van der Waals surface area (Å²) in [6.45, 7) is 1.62. The molecule has 1 saturated heterocycles. The van der Waals surface area contributed by atoms with E-state index >= 15 is 0 Å². The summed E-state index contributed by atoms with van der Waals surface area (Å²) in [5.74, 6) is -1.51. The number of fused-ring (bicyclic) bond motifs is 5. The Morgan fingerprint density at radius 2 is 1.64 bits per heavy atom. The van der Waals surface area contributed by atoms with Crippen molar-refractivity contribution in [2.24, 2.45) is 11.5 Å². The number of phenolic OH excluding ortho intramolecular Hbond substituents is 2. The monoisotopic (exact) mass is 538 g/mol. The van der Waals surface area contributed by atoms with E-state index in [2.05, 4.69) is 21.3 Å². The van der Waals surface area contributed by atoms with Gasteiger partial charge in [-0.05, 0) is 85.3 Å². The van der Waals surface area contributed by atoms with E-state index in [1.165, 1.54) is 12.1 Å². The zero-order chi connectivity index (χ0) is 27.9. The topological polar surface area (TPSA) is 192 Å². The van der Waals surface area contributed by atoms with Crippen molar-refractivity contribution in [1.29, 1.82) is 0 Å². The summed E-state index contributed by atoms with van der Waals surface area (Å²) in [5.41, 5.74) is 14.3. The van der Waals surface area contributed by atoms with Gasteiger partial charge in [-0.1, -0.05) is 12.1 Å². The van der Waals surface area contributed by atoms with Crippen molar-refractivity contribution >= 4 is 17.7 Å². The Kier molecular flexibility index (Phi) is 9.39. The van der Waals surface area contributed by atoms with E-state index in [1.54, 1.807) is 24.3 Å². The van der Waals surface area contributed by atoms with Crippen molar-refractivity contribution in [2.45, 2.75) is 62.7 Å². The summed E-state index contributed by atoms with van der Waals surface area (Å²) in [6.07, 6.45) is 2.76. The van der Waals surface area contributed by atoms with E-state index in [0.717, 1.165) is 30.5 Å². The zero-order valence-corrected chi connectivity index (χ0v) is 21.9. The highest BCUT2D eigenvalue weighted by Gasteiger charge is 2.30. The van der Waals surface area contributed by atoms with Crippen molar-refractivity contribution in [2.75, 3.05) is 19.6 Å². The Bertz CT molecular complexity index is 1200. The highest BCUT2D eigenvalue weighted by Crippen LogP contribution is 2.30. The van der Waals surface area contributed by atoms with Crippen LogP contribution in [0.5, 0.6) is 11.5 Å². The average Bonchev–Trinajstić information content (AvgIpc) is 3.44. The van der Waals surface area contributed by atoms with Crippen LogP contribution in [0.3, 0.4) is 0 Å². The lowest BCUT2D eigenvalue weighted by molar-refractivity contribution is -0.132. The molecule has 4 atom stereocenters. The van der Waals surface area contributed by atoms with Gasteiger partial charge in [0.2, 0.25) is 17.7 Å². The normalized spacial score (nSPS) is 23.7. The number of amides is 3. The fraction of sp³-hybridized carbons (Fsp3) is 0.464. The maximum absolute atomic E-state index is 13.4. The molecule has 2 aromatic rings. The van der Waals surface area contributed by atoms with Crippen LogP contribution in [-0.2, 0) is 27.2 Å². The number of nitrogens with one attached hydrogen (secondary N) is 4. The van der Waals surface area contributed by atoms with Crippen LogP contribution < -0.4 is 32.7 Å². The molecule has 0 spiro atoms. The van der Waals surface area contributed by atoms with Crippen molar-refractivity contribution in [3.8, 4) is 22.6 Å². The fourth-order valence-corrected chi connectivity index (χ4v) is 5.04. The average molecular weight is 539 g/mol. The van der Waals surface area contributed by atoms with E-state index in [9.17, 15) is 24.6 Å². The van der Waals surface area contributed by atoms with Crippen molar-refractivity contribution < 1.29 is 24.6 Å². The highest BCUT2D eigenvalue weighted by molar-refractivity contribution is 5.93. The molecule has 10 N–H and O–H groups in total. The lowest BCUT2D eigenvalue weighted by atomic mass is 9.95. The fourth-order valence-electron chi connectivity index (χ4n) is 5.04. The molecule has 0 radical (unpaired) electrons. The lowest BCUT2D eigenvalue weighted by Gasteiger charge is -2.25. The van der Waals surface area contributed by atoms with Crippen LogP contribution in [0.2, 0.25) is 0 Å². The summed E-state index contributed by atoms with van der Waals surface area (Å²) in [7, 11) is 0. The zero-order valence-electron chi connectivity index (χ0n) is 21.9. The van der Waals surface area contributed by atoms with E-state index in [1.807, 2.05) is 0 Å². The Balaban J connectivity index is 1.70. The van der Waals surface area contributed by atoms with Crippen molar-refractivity contribution in [1.82, 2.24) is 21.3 Å². The first-order valence-corrected chi connectivity index (χ1v) is 13.5. The molecule has 2 heterocycles. The highest BCUT2D eigenvalue weighted by atomic mass is 16.3. The van der Waals surface area contributed by atoms with Gasteiger partial charge in [-0.3, -0.25) is 14.4 Å². The number of nitrogens with two attached hydrogens (primary N) is 2. The van der Waals surface area contributed by atoms with Gasteiger partial charge in [-0.25, -0.2) is 0 Å². The van der Waals surface area contributed by atoms with Crippen LogP contribution in [0.25, 0.3) is 11.1 Å². The van der Waals surface area contributed by atoms with E-state index in [4.69, 9.17) is 11.5 Å². The van der Waals surface area contributed by atoms with Crippen LogP contribution >= 0.6 is 0 Å². The molecular weight excluding hydrogens is 500 g/mol. The predicted molar refractivity (Wildman–Crippen MR) is 147 cm³/mol. The summed E-state index contributed by atoms with van der Waals surface area (Å²) < 4.78 is 0. The van der Waals surface area contributed by atoms with E-state index in [-0.39, 0.29) is 36.8 Å². The Labute approximate surface area is 227 Å². The minimum absolute atomic E-state index is 0.00349. The molecule has 2 aromatic carbocycles. The van der Waals surface area contributed by atoms with Gasteiger partial charge in [0.15, 0.2) is 0 Å². The molecule has 210 valence electrons. The van der Waals surface area contributed by atoms with Gasteiger partial charge in [0.25, 0.3) is 0 Å². The molecule has 0 aromatic heterocycles. The van der Waals surface area contributed by atoms with Gasteiger partial charge >= 0.3 is 0 Å². The second-order valence-electron chi connectivity index (χ2n) is 10.3. The molecule has 11 nitrogen and oxygen atoms in total. The standard InChI is InChI=1S/C28H38N6O5/c29-9-1-4-22-28(39)34-23(27(38)32-15-20-3-2-10-31-20)14-19-12-17(6-8-25(19)36)16-5-7-24(35)18(11-16)13-21(30)26(37)33-22/h5-8,11-12,20-23,31,35-36H,1-4,9-10,13-15,29-30H2,(H,32,38)(H,33,37)(H,34,39)/t20?,21-,22-,23-/m0/s1. The smallest absolute Gasteiger partial charge is 0.243 e. The largest absolute Gasteiger partial charge is 0.508 e. The number of carbonyl (C=O) groups excluding carboxylic acids is 3. The van der Waals surface area contributed by atoms with Crippen LogP contribution in [0.15, 0.2) is 36.4 Å². The molecule has 0 saturated carbocycles. The molecular formula is C28H38N6O5. The molecule has 4 bridgehead atoms. The number of benzene rings is 2. The minimum atomic E-state index is -1.03. The summed E-state index contributed by atoms with van der Waals surface area (Å²) >= 11 is 0. The minimum Gasteiger partial charge on any atom is -0.508 e. The second kappa shape index (κ2) is 12.9. The number of hydrogen-bond donors (Lipinski definition) is 8. The lowest BCUT2D eigenvalue weighted by Crippen LogP contribution is -2.57. The third kappa shape index (κ3) is 7.25. The molecule has 3 amide bonds. The summed E-state index contributed by atoms with van der Waals surface area (Å²) in [4.78, 5) is 39.7. The Morgan fingerprint density at radius 3 is 2.26 bits per heavy atom. The first-order valence-electron chi connectivity index (χ1n) is 13.5. The number of carbonyl (C=O) groups is 3. The molecule has 1 unspecified atom stereocenters. The number of hydrogen-bond acceptors (Lipinski definition) is 8. The van der Waals surface area contributed by atoms with Gasteiger partial charge in [-0.15, -0.1) is 0 Å². The third-order valence-electron chi connectivity index (χ3n) is 7.34. The quantitative estimate of drug-likeness (QED) is 0.247. The maximum Gasteiger partial charge on any atom is 0.243 e. The second-order valence-corrected chi connectivity index (χ2v) is 10.3. The first kappa shape index (κ1) is 28.3. The molecule has 39 heavy (non-hydrogen) atoms. The molecule has 11 heteroatoms. The van der Waals surface area contributed by atoms with Gasteiger partial charge in [0.05, 0.1) is 6.04 Å². The van der Waals surface area contributed by atoms with Gasteiger partial charge < -0.3 is 42.9 Å². The third-order valence-corrected chi connectivity index (χ3v) is 7.34. The number of rotatable bonds is 6.